The number of nitrogens with zero attached hydrogens (tertiary/aromatic N) is 2. The van der Waals surface area contributed by atoms with E-state index in [4.69, 9.17) is 5.84 Å². The third kappa shape index (κ3) is 4.06. The highest BCUT2D eigenvalue weighted by atomic mass is 79.9. The summed E-state index contributed by atoms with van der Waals surface area (Å²) in [5, 5.41) is 3.49. The van der Waals surface area contributed by atoms with Gasteiger partial charge in [0.2, 0.25) is 0 Å². The van der Waals surface area contributed by atoms with E-state index in [-0.39, 0.29) is 0 Å². The predicted molar refractivity (Wildman–Crippen MR) is 76.5 cm³/mol. The van der Waals surface area contributed by atoms with Crippen LogP contribution in [-0.2, 0) is 6.54 Å². The van der Waals surface area contributed by atoms with E-state index in [0.717, 1.165) is 0 Å². The first kappa shape index (κ1) is 13.4. The van der Waals surface area contributed by atoms with Crippen molar-refractivity contribution in [2.75, 3.05) is 0 Å². The van der Waals surface area contributed by atoms with E-state index in [1.54, 1.807) is 0 Å². The molecule has 2 N–H and O–H groups in total. The molecule has 0 saturated carbocycles. The summed E-state index contributed by atoms with van der Waals surface area (Å²) in [5.41, 5.74) is 3.66. The van der Waals surface area contributed by atoms with Gasteiger partial charge in [0.1, 0.15) is 4.62 Å². The average molecular weight is 347 g/mol. The summed E-state index contributed by atoms with van der Waals surface area (Å²) in [4.78, 5) is 4.32. The number of halogens is 2. The molecule has 0 unspecified atom stereocenters. The molecule has 16 heavy (non-hydrogen) atoms. The second kappa shape index (κ2) is 6.15. The van der Waals surface area contributed by atoms with Crippen LogP contribution in [0.4, 0.5) is 0 Å². The van der Waals surface area contributed by atoms with Gasteiger partial charge in [0, 0.05) is 0 Å². The van der Waals surface area contributed by atoms with Crippen LogP contribution in [0.5, 0.6) is 0 Å². The Morgan fingerprint density at radius 3 is 2.19 bits per heavy atom. The third-order valence-corrected chi connectivity index (χ3v) is 3.70. The maximum absolute atomic E-state index is 5.12. The Morgan fingerprint density at radius 1 is 1.12 bits per heavy atom. The molecular formula is C11H13Br2N3. The van der Waals surface area contributed by atoms with Crippen molar-refractivity contribution in [3.05, 3.63) is 34.9 Å². The van der Waals surface area contributed by atoms with Crippen LogP contribution in [0.15, 0.2) is 28.3 Å². The lowest BCUT2D eigenvalue weighted by Crippen LogP contribution is -2.02. The van der Waals surface area contributed by atoms with E-state index in [9.17, 15) is 0 Å². The molecule has 86 valence electrons. The lowest BCUT2D eigenvalue weighted by atomic mass is 10.1. The van der Waals surface area contributed by atoms with Crippen molar-refractivity contribution in [3.8, 4) is 0 Å². The molecule has 0 spiro atoms. The molecule has 0 radical (unpaired) electrons. The fourth-order valence-electron chi connectivity index (χ4n) is 1.44. The first-order valence-corrected chi connectivity index (χ1v) is 6.32. The van der Waals surface area contributed by atoms with Crippen LogP contribution in [0.25, 0.3) is 0 Å². The van der Waals surface area contributed by atoms with E-state index >= 15 is 0 Å². The zero-order valence-electron chi connectivity index (χ0n) is 9.17. The lowest BCUT2D eigenvalue weighted by molar-refractivity contribution is 1.07. The van der Waals surface area contributed by atoms with E-state index in [0.29, 0.717) is 15.8 Å². The molecule has 0 amide bonds. The Balaban J connectivity index is 2.82. The van der Waals surface area contributed by atoms with E-state index in [1.165, 1.54) is 16.7 Å². The summed E-state index contributed by atoms with van der Waals surface area (Å²) in [6, 6.07) is 6.37. The lowest BCUT2D eigenvalue weighted by Gasteiger charge is -2.02. The molecule has 0 aliphatic heterocycles. The smallest absolute Gasteiger partial charge is 0.157 e. The van der Waals surface area contributed by atoms with E-state index in [1.807, 2.05) is 0 Å². The number of hydrogen-bond donors (Lipinski definition) is 1. The molecule has 3 nitrogen and oxygen atoms in total. The van der Waals surface area contributed by atoms with Gasteiger partial charge in [-0.05, 0) is 51.3 Å². The fraction of sp³-hybridized carbons (Fsp3) is 0.273. The van der Waals surface area contributed by atoms with E-state index < -0.39 is 0 Å². The summed E-state index contributed by atoms with van der Waals surface area (Å²) in [7, 11) is 0. The van der Waals surface area contributed by atoms with Gasteiger partial charge in [0.15, 0.2) is 4.62 Å². The Bertz CT molecular complexity index is 419. The monoisotopic (exact) mass is 345 g/mol. The van der Waals surface area contributed by atoms with Crippen LogP contribution in [0.3, 0.4) is 0 Å². The number of nitrogens with two attached hydrogens (primary N) is 1. The highest BCUT2D eigenvalue weighted by Gasteiger charge is 2.00. The summed E-state index contributed by atoms with van der Waals surface area (Å²) in [6.07, 6.45) is 0. The minimum absolute atomic E-state index is 0.511. The molecule has 1 rings (SSSR count). The molecule has 0 aliphatic rings. The quantitative estimate of drug-likeness (QED) is 0.509. The Morgan fingerprint density at radius 2 is 1.69 bits per heavy atom. The van der Waals surface area contributed by atoms with Crippen molar-refractivity contribution in [1.29, 1.82) is 0 Å². The highest BCUT2D eigenvalue weighted by Crippen LogP contribution is 2.11. The van der Waals surface area contributed by atoms with Crippen LogP contribution in [0.1, 0.15) is 16.7 Å². The van der Waals surface area contributed by atoms with Gasteiger partial charge in [0.05, 0.1) is 6.54 Å². The number of rotatable bonds is 3. The minimum atomic E-state index is 0.511. The molecule has 0 atom stereocenters. The van der Waals surface area contributed by atoms with Crippen molar-refractivity contribution in [2.24, 2.45) is 15.9 Å². The van der Waals surface area contributed by atoms with Gasteiger partial charge in [-0.15, -0.1) is 0 Å². The third-order valence-electron chi connectivity index (χ3n) is 1.97. The van der Waals surface area contributed by atoms with Gasteiger partial charge in [-0.25, -0.2) is 0 Å². The average Bonchev–Trinajstić information content (AvgIpc) is 2.23. The molecule has 1 aromatic carbocycles. The molecule has 0 bridgehead atoms. The molecule has 1 aromatic rings. The summed E-state index contributed by atoms with van der Waals surface area (Å²) < 4.78 is 1.13. The largest absolute Gasteiger partial charge is 0.322 e. The molecule has 5 heteroatoms. The normalized spacial score (nSPS) is 13.0. The molecule has 0 heterocycles. The van der Waals surface area contributed by atoms with Gasteiger partial charge in [0.25, 0.3) is 0 Å². The van der Waals surface area contributed by atoms with Crippen LogP contribution in [0, 0.1) is 13.8 Å². The summed E-state index contributed by atoms with van der Waals surface area (Å²) >= 11 is 6.48. The van der Waals surface area contributed by atoms with Crippen LogP contribution in [0.2, 0.25) is 0 Å². The topological polar surface area (TPSA) is 50.7 Å². The van der Waals surface area contributed by atoms with Crippen LogP contribution >= 0.6 is 31.9 Å². The maximum atomic E-state index is 5.12. The molecule has 0 aromatic heterocycles. The molecule has 0 aliphatic carbocycles. The first-order chi connectivity index (χ1) is 7.52. The van der Waals surface area contributed by atoms with Gasteiger partial charge < -0.3 is 5.84 Å². The highest BCUT2D eigenvalue weighted by molar-refractivity contribution is 9.24. The first-order valence-electron chi connectivity index (χ1n) is 4.74. The number of benzene rings is 1. The Kier molecular flexibility index (Phi) is 5.15. The minimum Gasteiger partial charge on any atom is -0.322 e. The number of hydrogen-bond acceptors (Lipinski definition) is 3. The SMILES string of the molecule is Cc1cc(C)cc(CN=C(Br)/C(Br)=N\N)c1. The molecule has 0 fully saturated rings. The summed E-state index contributed by atoms with van der Waals surface area (Å²) in [5.74, 6) is 5.12. The molecule has 0 saturated heterocycles. The van der Waals surface area contributed by atoms with Crippen molar-refractivity contribution in [3.63, 3.8) is 0 Å². The second-order valence-corrected chi connectivity index (χ2v) is 5.03. The Hall–Kier alpha value is -0.680. The van der Waals surface area contributed by atoms with Gasteiger partial charge in [-0.2, -0.15) is 5.10 Å². The summed E-state index contributed by atoms with van der Waals surface area (Å²) in [6.45, 7) is 4.76. The second-order valence-electron chi connectivity index (χ2n) is 3.52. The Labute approximate surface area is 112 Å². The van der Waals surface area contributed by atoms with Crippen molar-refractivity contribution < 1.29 is 0 Å². The number of aryl methyl sites for hydroxylation is 2. The fourth-order valence-corrected chi connectivity index (χ4v) is 1.79. The van der Waals surface area contributed by atoms with Gasteiger partial charge in [-0.1, -0.05) is 29.3 Å². The van der Waals surface area contributed by atoms with Crippen molar-refractivity contribution >= 4 is 41.1 Å². The number of hydrazone groups is 1. The predicted octanol–water partition coefficient (Wildman–Crippen LogP) is 3.26. The van der Waals surface area contributed by atoms with Gasteiger partial charge >= 0.3 is 0 Å². The van der Waals surface area contributed by atoms with Crippen molar-refractivity contribution in [1.82, 2.24) is 0 Å². The maximum Gasteiger partial charge on any atom is 0.157 e. The van der Waals surface area contributed by atoms with Gasteiger partial charge in [-0.3, -0.25) is 4.99 Å². The standard InChI is InChI=1S/C11H13Br2N3/c1-7-3-8(2)5-9(4-7)6-15-10(12)11(13)16-14/h3-5H,6,14H2,1-2H3/b15-10?,16-11+. The zero-order chi connectivity index (χ0) is 12.1. The molecular weight excluding hydrogens is 334 g/mol. The zero-order valence-corrected chi connectivity index (χ0v) is 12.3. The van der Waals surface area contributed by atoms with Crippen molar-refractivity contribution in [2.45, 2.75) is 20.4 Å². The van der Waals surface area contributed by atoms with Crippen LogP contribution < -0.4 is 5.84 Å². The number of aliphatic imine (C=N–C) groups is 1. The van der Waals surface area contributed by atoms with Crippen LogP contribution in [-0.4, -0.2) is 9.24 Å². The van der Waals surface area contributed by atoms with E-state index in [2.05, 4.69) is 74.0 Å².